The van der Waals surface area contributed by atoms with Crippen LogP contribution in [-0.4, -0.2) is 29.7 Å². The number of ether oxygens (including phenoxy) is 1. The smallest absolute Gasteiger partial charge is 0.135 e. The highest BCUT2D eigenvalue weighted by atomic mass is 16.5. The Labute approximate surface area is 101 Å². The molecule has 3 rings (SSSR count). The lowest BCUT2D eigenvalue weighted by Crippen LogP contribution is -2.30. The van der Waals surface area contributed by atoms with E-state index in [1.54, 1.807) is 0 Å². The normalized spacial score (nSPS) is 24.4. The van der Waals surface area contributed by atoms with Crippen LogP contribution in [0.2, 0.25) is 0 Å². The average molecular weight is 234 g/mol. The van der Waals surface area contributed by atoms with E-state index in [4.69, 9.17) is 10.5 Å². The van der Waals surface area contributed by atoms with E-state index in [1.165, 1.54) is 6.42 Å². The number of nitrogens with one attached hydrogen (secondary N) is 1. The largest absolute Gasteiger partial charge is 0.383 e. The summed E-state index contributed by atoms with van der Waals surface area (Å²) >= 11 is 0. The summed E-state index contributed by atoms with van der Waals surface area (Å²) in [7, 11) is 0. The molecule has 0 aliphatic carbocycles. The van der Waals surface area contributed by atoms with Gasteiger partial charge in [0.2, 0.25) is 0 Å². The number of hydrogen-bond donors (Lipinski definition) is 2. The second-order valence-corrected chi connectivity index (χ2v) is 4.74. The molecule has 0 amide bonds. The number of rotatable bonds is 1. The first-order valence-corrected chi connectivity index (χ1v) is 6.28. The number of piperidine rings is 1. The van der Waals surface area contributed by atoms with Crippen LogP contribution in [0.25, 0.3) is 0 Å². The highest BCUT2D eigenvalue weighted by Gasteiger charge is 2.22. The van der Waals surface area contributed by atoms with Crippen LogP contribution in [0.1, 0.15) is 35.8 Å². The van der Waals surface area contributed by atoms with E-state index in [-0.39, 0.29) is 0 Å². The Bertz CT molecular complexity index is 415. The summed E-state index contributed by atoms with van der Waals surface area (Å²) in [5.74, 6) is 1.94. The van der Waals surface area contributed by atoms with E-state index in [2.05, 4.69) is 15.3 Å². The zero-order valence-electron chi connectivity index (χ0n) is 9.91. The fourth-order valence-electron chi connectivity index (χ4n) is 2.53. The van der Waals surface area contributed by atoms with Gasteiger partial charge in [0, 0.05) is 24.4 Å². The van der Waals surface area contributed by atoms with Gasteiger partial charge in [-0.15, -0.1) is 0 Å². The Morgan fingerprint density at radius 3 is 3.12 bits per heavy atom. The predicted octanol–water partition coefficient (Wildman–Crippen LogP) is 0.598. The fraction of sp³-hybridized carbons (Fsp3) is 0.667. The maximum atomic E-state index is 6.00. The van der Waals surface area contributed by atoms with Crippen molar-refractivity contribution in [3.05, 3.63) is 17.1 Å². The maximum absolute atomic E-state index is 6.00. The molecule has 1 saturated heterocycles. The Hall–Kier alpha value is -1.20. The third-order valence-corrected chi connectivity index (χ3v) is 3.53. The quantitative estimate of drug-likeness (QED) is 0.744. The second kappa shape index (κ2) is 4.58. The molecule has 0 saturated carbocycles. The van der Waals surface area contributed by atoms with Gasteiger partial charge < -0.3 is 15.8 Å². The van der Waals surface area contributed by atoms with Crippen molar-refractivity contribution in [2.45, 2.75) is 31.8 Å². The van der Waals surface area contributed by atoms with Crippen LogP contribution >= 0.6 is 0 Å². The van der Waals surface area contributed by atoms with E-state index in [9.17, 15) is 0 Å². The zero-order valence-corrected chi connectivity index (χ0v) is 9.91. The molecule has 17 heavy (non-hydrogen) atoms. The molecule has 3 heterocycles. The Kier molecular flexibility index (Phi) is 2.94. The van der Waals surface area contributed by atoms with Gasteiger partial charge in [-0.25, -0.2) is 9.97 Å². The van der Waals surface area contributed by atoms with Gasteiger partial charge in [0.15, 0.2) is 0 Å². The molecule has 1 unspecified atom stereocenters. The van der Waals surface area contributed by atoms with Crippen LogP contribution in [0, 0.1) is 0 Å². The summed E-state index contributed by atoms with van der Waals surface area (Å²) in [4.78, 5) is 9.14. The van der Waals surface area contributed by atoms with E-state index >= 15 is 0 Å². The number of nitrogens with two attached hydrogens (primary N) is 1. The van der Waals surface area contributed by atoms with E-state index in [1.807, 2.05) is 0 Å². The topological polar surface area (TPSA) is 73.1 Å². The Balaban J connectivity index is 1.92. The summed E-state index contributed by atoms with van der Waals surface area (Å²) in [6.45, 7) is 3.37. The van der Waals surface area contributed by atoms with Crippen molar-refractivity contribution in [1.82, 2.24) is 15.3 Å². The summed E-state index contributed by atoms with van der Waals surface area (Å²) in [5.41, 5.74) is 8.07. The Morgan fingerprint density at radius 2 is 2.29 bits per heavy atom. The first kappa shape index (κ1) is 10.9. The van der Waals surface area contributed by atoms with Crippen molar-refractivity contribution in [3.63, 3.8) is 0 Å². The van der Waals surface area contributed by atoms with Gasteiger partial charge in [0.1, 0.15) is 11.6 Å². The van der Waals surface area contributed by atoms with Crippen LogP contribution in [-0.2, 0) is 17.8 Å². The molecule has 92 valence electrons. The molecule has 0 aromatic carbocycles. The third-order valence-electron chi connectivity index (χ3n) is 3.53. The zero-order chi connectivity index (χ0) is 11.7. The molecule has 2 aliphatic heterocycles. The summed E-state index contributed by atoms with van der Waals surface area (Å²) in [6.07, 6.45) is 3.20. The molecule has 3 N–H and O–H groups in total. The number of nitrogen functional groups attached to an aromatic ring is 1. The second-order valence-electron chi connectivity index (χ2n) is 4.74. The fourth-order valence-corrected chi connectivity index (χ4v) is 2.53. The number of anilines is 1. The van der Waals surface area contributed by atoms with Crippen molar-refractivity contribution < 1.29 is 4.74 Å². The molecular weight excluding hydrogens is 216 g/mol. The van der Waals surface area contributed by atoms with E-state index < -0.39 is 0 Å². The molecule has 0 bridgehead atoms. The van der Waals surface area contributed by atoms with Gasteiger partial charge in [0.05, 0.1) is 18.9 Å². The lowest BCUT2D eigenvalue weighted by atomic mass is 9.98. The molecule has 1 fully saturated rings. The van der Waals surface area contributed by atoms with Crippen molar-refractivity contribution in [3.8, 4) is 0 Å². The first-order valence-electron chi connectivity index (χ1n) is 6.28. The monoisotopic (exact) mass is 234 g/mol. The molecule has 1 aromatic rings. The molecule has 0 radical (unpaired) electrons. The molecule has 0 spiro atoms. The van der Waals surface area contributed by atoms with Crippen LogP contribution in [0.5, 0.6) is 0 Å². The molecule has 5 heteroatoms. The predicted molar refractivity (Wildman–Crippen MR) is 64.6 cm³/mol. The van der Waals surface area contributed by atoms with Gasteiger partial charge >= 0.3 is 0 Å². The first-order chi connectivity index (χ1) is 8.34. The number of hydrogen-bond acceptors (Lipinski definition) is 5. The number of fused-ring (bicyclic) bond motifs is 1. The highest BCUT2D eigenvalue weighted by Crippen LogP contribution is 2.25. The van der Waals surface area contributed by atoms with Crippen molar-refractivity contribution in [2.75, 3.05) is 25.4 Å². The SMILES string of the molecule is Nc1nc(C2CCCNC2)nc2c1COCC2. The van der Waals surface area contributed by atoms with E-state index in [0.717, 1.165) is 49.6 Å². The molecule has 5 nitrogen and oxygen atoms in total. The minimum Gasteiger partial charge on any atom is -0.383 e. The van der Waals surface area contributed by atoms with Gasteiger partial charge in [-0.2, -0.15) is 0 Å². The van der Waals surface area contributed by atoms with Crippen molar-refractivity contribution in [2.24, 2.45) is 0 Å². The van der Waals surface area contributed by atoms with Crippen molar-refractivity contribution >= 4 is 5.82 Å². The lowest BCUT2D eigenvalue weighted by Gasteiger charge is -2.24. The van der Waals surface area contributed by atoms with Gasteiger partial charge in [-0.05, 0) is 19.4 Å². The van der Waals surface area contributed by atoms with Crippen LogP contribution in [0.15, 0.2) is 0 Å². The number of aromatic nitrogens is 2. The summed E-state index contributed by atoms with van der Waals surface area (Å²) in [5, 5.41) is 3.39. The minimum atomic E-state index is 0.416. The standard InChI is InChI=1S/C12H18N4O/c13-11-9-7-17-5-3-10(9)15-12(16-11)8-2-1-4-14-6-8/h8,14H,1-7H2,(H2,13,15,16). The van der Waals surface area contributed by atoms with Crippen LogP contribution in [0.3, 0.4) is 0 Å². The molecular formula is C12H18N4O. The van der Waals surface area contributed by atoms with Crippen LogP contribution < -0.4 is 11.1 Å². The molecule has 1 atom stereocenters. The summed E-state index contributed by atoms with van der Waals surface area (Å²) in [6, 6.07) is 0. The lowest BCUT2D eigenvalue weighted by molar-refractivity contribution is 0.109. The van der Waals surface area contributed by atoms with Crippen LogP contribution in [0.4, 0.5) is 5.82 Å². The number of nitrogens with zero attached hydrogens (tertiary/aromatic N) is 2. The highest BCUT2D eigenvalue weighted by molar-refractivity contribution is 5.43. The van der Waals surface area contributed by atoms with Gasteiger partial charge in [0.25, 0.3) is 0 Å². The van der Waals surface area contributed by atoms with Gasteiger partial charge in [-0.3, -0.25) is 0 Å². The molecule has 1 aromatic heterocycles. The van der Waals surface area contributed by atoms with Gasteiger partial charge in [-0.1, -0.05) is 0 Å². The van der Waals surface area contributed by atoms with E-state index in [0.29, 0.717) is 18.3 Å². The maximum Gasteiger partial charge on any atom is 0.135 e. The molecule has 2 aliphatic rings. The average Bonchev–Trinajstić information content (AvgIpc) is 2.40. The Morgan fingerprint density at radius 1 is 1.35 bits per heavy atom. The van der Waals surface area contributed by atoms with Crippen molar-refractivity contribution in [1.29, 1.82) is 0 Å². The third kappa shape index (κ3) is 2.12. The summed E-state index contributed by atoms with van der Waals surface area (Å²) < 4.78 is 5.39. The minimum absolute atomic E-state index is 0.416.